The number of likely N-dealkylation sites (N-methyl/N-ethyl adjacent to an activating group) is 1. The van der Waals surface area contributed by atoms with Crippen LogP contribution in [0.2, 0.25) is 0 Å². The number of amides is 1. The van der Waals surface area contributed by atoms with Crippen LogP contribution in [0.15, 0.2) is 46.7 Å². The first-order chi connectivity index (χ1) is 13.5. The lowest BCUT2D eigenvalue weighted by molar-refractivity contribution is -0.120. The van der Waals surface area contributed by atoms with Gasteiger partial charge in [-0.1, -0.05) is 24.6 Å². The molecule has 1 aliphatic rings. The number of nitrogens with one attached hydrogen (secondary N) is 1. The van der Waals surface area contributed by atoms with Crippen LogP contribution in [0.5, 0.6) is 0 Å². The molecule has 2 heterocycles. The molecule has 28 heavy (non-hydrogen) atoms. The molecule has 1 aliphatic heterocycles. The maximum absolute atomic E-state index is 12.7. The highest BCUT2D eigenvalue weighted by atomic mass is 32.2. The average molecular weight is 422 g/mol. The molecule has 1 amide bonds. The first kappa shape index (κ1) is 20.8. The van der Waals surface area contributed by atoms with Crippen molar-refractivity contribution in [2.45, 2.75) is 29.9 Å². The summed E-state index contributed by atoms with van der Waals surface area (Å²) in [4.78, 5) is 15.1. The van der Waals surface area contributed by atoms with Crippen LogP contribution in [0.3, 0.4) is 0 Å². The van der Waals surface area contributed by atoms with E-state index in [0.717, 1.165) is 29.8 Å². The summed E-state index contributed by atoms with van der Waals surface area (Å²) in [6.45, 7) is 2.42. The lowest BCUT2D eigenvalue weighted by atomic mass is 10.2. The lowest BCUT2D eigenvalue weighted by Gasteiger charge is -2.25. The van der Waals surface area contributed by atoms with E-state index < -0.39 is 10.0 Å². The van der Waals surface area contributed by atoms with Gasteiger partial charge in [0.2, 0.25) is 5.91 Å². The highest BCUT2D eigenvalue weighted by molar-refractivity contribution is 7.91. The molecular weight excluding hydrogens is 394 g/mol. The zero-order valence-corrected chi connectivity index (χ0v) is 17.8. The van der Waals surface area contributed by atoms with Crippen molar-refractivity contribution in [2.75, 3.05) is 38.1 Å². The van der Waals surface area contributed by atoms with E-state index in [1.807, 2.05) is 37.4 Å². The summed E-state index contributed by atoms with van der Waals surface area (Å²) in [5, 5.41) is 2.91. The standard InChI is InChI=1S/C20H27N3O3S2/c1-22(17-8-4-2-5-9-17)15-12-21-19(24)16-18-10-11-20(27-18)28(25,26)23-13-6-3-7-14-23/h2,4-5,8-11H,3,6-7,12-16H2,1H3,(H,21,24). The van der Waals surface area contributed by atoms with E-state index in [1.54, 1.807) is 16.4 Å². The zero-order valence-electron chi connectivity index (χ0n) is 16.1. The van der Waals surface area contributed by atoms with Crippen LogP contribution in [-0.2, 0) is 21.2 Å². The Morgan fingerprint density at radius 1 is 1.11 bits per heavy atom. The van der Waals surface area contributed by atoms with Gasteiger partial charge in [0, 0.05) is 43.8 Å². The van der Waals surface area contributed by atoms with Gasteiger partial charge in [-0.05, 0) is 37.1 Å². The van der Waals surface area contributed by atoms with Gasteiger partial charge in [0.25, 0.3) is 10.0 Å². The van der Waals surface area contributed by atoms with Crippen molar-refractivity contribution in [2.24, 2.45) is 0 Å². The molecule has 1 fully saturated rings. The number of carbonyl (C=O) groups excluding carboxylic acids is 1. The molecule has 6 nitrogen and oxygen atoms in total. The second-order valence-electron chi connectivity index (χ2n) is 6.97. The minimum absolute atomic E-state index is 0.0924. The van der Waals surface area contributed by atoms with Gasteiger partial charge in [-0.25, -0.2) is 8.42 Å². The van der Waals surface area contributed by atoms with E-state index in [2.05, 4.69) is 10.2 Å². The van der Waals surface area contributed by atoms with Gasteiger partial charge in [-0.3, -0.25) is 4.79 Å². The molecule has 0 atom stereocenters. The van der Waals surface area contributed by atoms with Crippen molar-refractivity contribution < 1.29 is 13.2 Å². The Morgan fingerprint density at radius 2 is 1.82 bits per heavy atom. The summed E-state index contributed by atoms with van der Waals surface area (Å²) in [5.41, 5.74) is 1.10. The number of benzene rings is 1. The Labute approximate surface area is 171 Å². The average Bonchev–Trinajstić information content (AvgIpc) is 3.18. The summed E-state index contributed by atoms with van der Waals surface area (Å²) in [7, 11) is -1.44. The van der Waals surface area contributed by atoms with Crippen molar-refractivity contribution in [3.63, 3.8) is 0 Å². The number of nitrogens with zero attached hydrogens (tertiary/aromatic N) is 2. The van der Waals surface area contributed by atoms with Gasteiger partial charge in [0.15, 0.2) is 0 Å². The fraction of sp³-hybridized carbons (Fsp3) is 0.450. The minimum Gasteiger partial charge on any atom is -0.373 e. The predicted octanol–water partition coefficient (Wildman–Crippen LogP) is 2.72. The fourth-order valence-electron chi connectivity index (χ4n) is 3.22. The van der Waals surface area contributed by atoms with Crippen molar-refractivity contribution in [1.82, 2.24) is 9.62 Å². The van der Waals surface area contributed by atoms with Crippen LogP contribution in [0.4, 0.5) is 5.69 Å². The van der Waals surface area contributed by atoms with Crippen molar-refractivity contribution in [1.29, 1.82) is 0 Å². The minimum atomic E-state index is -3.42. The van der Waals surface area contributed by atoms with E-state index in [-0.39, 0.29) is 12.3 Å². The SMILES string of the molecule is CN(CCNC(=O)Cc1ccc(S(=O)(=O)N2CCCCC2)s1)c1ccccc1. The largest absolute Gasteiger partial charge is 0.373 e. The molecule has 152 valence electrons. The van der Waals surface area contributed by atoms with E-state index >= 15 is 0 Å². The molecule has 0 saturated carbocycles. The smallest absolute Gasteiger partial charge is 0.252 e. The molecule has 1 N–H and O–H groups in total. The number of piperidine rings is 1. The Bertz CT molecular complexity index is 875. The van der Waals surface area contributed by atoms with Gasteiger partial charge < -0.3 is 10.2 Å². The van der Waals surface area contributed by atoms with Crippen LogP contribution >= 0.6 is 11.3 Å². The van der Waals surface area contributed by atoms with Gasteiger partial charge >= 0.3 is 0 Å². The summed E-state index contributed by atoms with van der Waals surface area (Å²) < 4.78 is 27.3. The normalized spacial score (nSPS) is 15.3. The molecular formula is C20H27N3O3S2. The van der Waals surface area contributed by atoms with Crippen molar-refractivity contribution in [3.8, 4) is 0 Å². The van der Waals surface area contributed by atoms with Gasteiger partial charge in [-0.15, -0.1) is 11.3 Å². The molecule has 0 unspecified atom stereocenters. The predicted molar refractivity (Wildman–Crippen MR) is 113 cm³/mol. The number of sulfonamides is 1. The second kappa shape index (κ2) is 9.54. The van der Waals surface area contributed by atoms with Crippen LogP contribution in [0, 0.1) is 0 Å². The lowest BCUT2D eigenvalue weighted by Crippen LogP contribution is -2.35. The molecule has 1 aromatic carbocycles. The van der Waals surface area contributed by atoms with E-state index in [1.165, 1.54) is 11.3 Å². The number of thiophene rings is 1. The highest BCUT2D eigenvalue weighted by Crippen LogP contribution is 2.27. The highest BCUT2D eigenvalue weighted by Gasteiger charge is 2.27. The van der Waals surface area contributed by atoms with E-state index in [4.69, 9.17) is 0 Å². The quantitative estimate of drug-likeness (QED) is 0.712. The van der Waals surface area contributed by atoms with Gasteiger partial charge in [0.05, 0.1) is 6.42 Å². The third-order valence-corrected chi connectivity index (χ3v) is 8.30. The number of hydrogen-bond donors (Lipinski definition) is 1. The van der Waals surface area contributed by atoms with Crippen molar-refractivity contribution >= 4 is 33.0 Å². The fourth-order valence-corrected chi connectivity index (χ4v) is 6.25. The van der Waals surface area contributed by atoms with Crippen molar-refractivity contribution in [3.05, 3.63) is 47.3 Å². The summed E-state index contributed by atoms with van der Waals surface area (Å²) >= 11 is 1.20. The number of hydrogen-bond acceptors (Lipinski definition) is 5. The maximum atomic E-state index is 12.7. The van der Waals surface area contributed by atoms with Gasteiger partial charge in [0.1, 0.15) is 4.21 Å². The molecule has 0 spiro atoms. The van der Waals surface area contributed by atoms with Crippen LogP contribution in [-0.4, -0.2) is 51.9 Å². The Morgan fingerprint density at radius 3 is 2.54 bits per heavy atom. The first-order valence-electron chi connectivity index (χ1n) is 9.58. The van der Waals surface area contributed by atoms with E-state index in [9.17, 15) is 13.2 Å². The molecule has 0 aliphatic carbocycles. The van der Waals surface area contributed by atoms with E-state index in [0.29, 0.717) is 30.4 Å². The molecule has 3 rings (SSSR count). The zero-order chi connectivity index (χ0) is 20.0. The number of anilines is 1. The molecule has 2 aromatic rings. The summed E-state index contributed by atoms with van der Waals surface area (Å²) in [5.74, 6) is -0.0924. The third kappa shape index (κ3) is 5.33. The number of carbonyl (C=O) groups is 1. The molecule has 1 aromatic heterocycles. The molecule has 0 radical (unpaired) electrons. The Kier molecular flexibility index (Phi) is 7.09. The first-order valence-corrected chi connectivity index (χ1v) is 11.8. The Balaban J connectivity index is 1.48. The topological polar surface area (TPSA) is 69.7 Å². The molecule has 0 bridgehead atoms. The molecule has 1 saturated heterocycles. The number of para-hydroxylation sites is 1. The number of rotatable bonds is 8. The summed E-state index contributed by atoms with van der Waals surface area (Å²) in [6.07, 6.45) is 3.12. The van der Waals surface area contributed by atoms with Gasteiger partial charge in [-0.2, -0.15) is 4.31 Å². The summed E-state index contributed by atoms with van der Waals surface area (Å²) in [6, 6.07) is 13.4. The monoisotopic (exact) mass is 421 g/mol. The molecule has 8 heteroatoms. The van der Waals surface area contributed by atoms with Crippen LogP contribution in [0.1, 0.15) is 24.1 Å². The maximum Gasteiger partial charge on any atom is 0.252 e. The van der Waals surface area contributed by atoms with Crippen LogP contribution < -0.4 is 10.2 Å². The second-order valence-corrected chi connectivity index (χ2v) is 10.3. The Hall–Kier alpha value is -1.90. The third-order valence-electron chi connectivity index (χ3n) is 4.85. The van der Waals surface area contributed by atoms with Crippen LogP contribution in [0.25, 0.3) is 0 Å².